The summed E-state index contributed by atoms with van der Waals surface area (Å²) in [7, 11) is 0. The van der Waals surface area contributed by atoms with Gasteiger partial charge in [0.25, 0.3) is 0 Å². The number of hydrogen-bond donors (Lipinski definition) is 1. The summed E-state index contributed by atoms with van der Waals surface area (Å²) in [5, 5.41) is 2.12. The van der Waals surface area contributed by atoms with Crippen molar-refractivity contribution in [2.24, 2.45) is 0 Å². The molecule has 12 heteroatoms. The zero-order chi connectivity index (χ0) is 23.0. The maximum Gasteiger partial charge on any atom is 0.345 e. The Kier molecular flexibility index (Phi) is 6.38. The van der Waals surface area contributed by atoms with E-state index in [1.54, 1.807) is 22.6 Å². The smallest absolute Gasteiger partial charge is 0.345 e. The van der Waals surface area contributed by atoms with Gasteiger partial charge in [-0.05, 0) is 52.9 Å². The largest absolute Gasteiger partial charge is 0.416 e. The normalized spacial score (nSPS) is 10.9. The van der Waals surface area contributed by atoms with Crippen LogP contribution in [0, 0.1) is 50.1 Å². The Labute approximate surface area is 181 Å². The Hall–Kier alpha value is -2.90. The van der Waals surface area contributed by atoms with Crippen LogP contribution in [0.1, 0.15) is 10.4 Å². The van der Waals surface area contributed by atoms with Crippen molar-refractivity contribution >= 4 is 39.9 Å². The van der Waals surface area contributed by atoms with Crippen molar-refractivity contribution in [1.29, 1.82) is 0 Å². The van der Waals surface area contributed by atoms with E-state index in [1.165, 1.54) is 6.07 Å². The predicted molar refractivity (Wildman–Crippen MR) is 99.9 cm³/mol. The van der Waals surface area contributed by atoms with Gasteiger partial charge in [0.05, 0.1) is 16.9 Å². The van der Waals surface area contributed by atoms with E-state index in [2.05, 4.69) is 10.1 Å². The molecule has 0 spiro atoms. The molecule has 0 unspecified atom stereocenters. The summed E-state index contributed by atoms with van der Waals surface area (Å²) < 4.78 is 114. The van der Waals surface area contributed by atoms with E-state index in [-0.39, 0.29) is 0 Å². The Bertz CT molecular complexity index is 1190. The fourth-order valence-corrected chi connectivity index (χ4v) is 2.84. The molecule has 0 saturated carbocycles. The zero-order valence-corrected chi connectivity index (χ0v) is 16.8. The van der Waals surface area contributed by atoms with E-state index < -0.39 is 75.2 Å². The van der Waals surface area contributed by atoms with Crippen LogP contribution in [0.25, 0.3) is 0 Å². The van der Waals surface area contributed by atoms with Gasteiger partial charge in [-0.2, -0.15) is 8.78 Å². The van der Waals surface area contributed by atoms with Crippen LogP contribution in [0.15, 0.2) is 30.3 Å². The number of benzene rings is 3. The Morgan fingerprint density at radius 2 is 1.32 bits per heavy atom. The minimum absolute atomic E-state index is 0.407. The number of halogens is 9. The lowest BCUT2D eigenvalue weighted by atomic mass is 10.1. The lowest BCUT2D eigenvalue weighted by molar-refractivity contribution is 0.0716. The summed E-state index contributed by atoms with van der Waals surface area (Å²) in [5.74, 6) is -20.0. The lowest BCUT2D eigenvalue weighted by Gasteiger charge is -2.14. The highest BCUT2D eigenvalue weighted by molar-refractivity contribution is 14.1. The third-order valence-electron chi connectivity index (χ3n) is 3.87. The third-order valence-corrected chi connectivity index (χ3v) is 4.54. The molecule has 0 aliphatic heterocycles. The molecule has 1 N–H and O–H groups in total. The Balaban J connectivity index is 2.06. The van der Waals surface area contributed by atoms with Gasteiger partial charge in [-0.25, -0.2) is 31.1 Å². The van der Waals surface area contributed by atoms with Gasteiger partial charge in [0.2, 0.25) is 34.8 Å². The van der Waals surface area contributed by atoms with Crippen molar-refractivity contribution in [2.75, 3.05) is 5.32 Å². The number of anilines is 2. The summed E-state index contributed by atoms with van der Waals surface area (Å²) in [5.41, 5.74) is -2.31. The van der Waals surface area contributed by atoms with Gasteiger partial charge in [0.1, 0.15) is 5.82 Å². The molecule has 0 heterocycles. The number of nitrogens with one attached hydrogen (secondary N) is 1. The summed E-state index contributed by atoms with van der Waals surface area (Å²) in [6.45, 7) is 0. The minimum Gasteiger partial charge on any atom is -0.416 e. The number of carbonyl (C=O) groups excluding carboxylic acids is 1. The minimum atomic E-state index is -2.49. The van der Waals surface area contributed by atoms with Gasteiger partial charge in [0, 0.05) is 3.57 Å². The van der Waals surface area contributed by atoms with Crippen molar-refractivity contribution in [2.45, 2.75) is 0 Å². The van der Waals surface area contributed by atoms with E-state index in [9.17, 15) is 39.9 Å². The number of hydrogen-bond acceptors (Lipinski definition) is 3. The second-order valence-corrected chi connectivity index (χ2v) is 7.07. The molecule has 0 aliphatic carbocycles. The number of rotatable bonds is 4. The van der Waals surface area contributed by atoms with Crippen LogP contribution in [0.3, 0.4) is 0 Å². The molecular weight excluding hydrogens is 553 g/mol. The predicted octanol–water partition coefficient (Wildman–Crippen LogP) is 6.37. The van der Waals surface area contributed by atoms with E-state index in [4.69, 9.17) is 0 Å². The molecule has 0 bridgehead atoms. The maximum atomic E-state index is 14.3. The van der Waals surface area contributed by atoms with Crippen molar-refractivity contribution in [3.8, 4) is 5.75 Å². The first-order chi connectivity index (χ1) is 14.5. The second kappa shape index (κ2) is 8.69. The van der Waals surface area contributed by atoms with Gasteiger partial charge in [-0.1, -0.05) is 0 Å². The van der Waals surface area contributed by atoms with Gasteiger partial charge in [-0.3, -0.25) is 0 Å². The highest BCUT2D eigenvalue weighted by atomic mass is 127. The SMILES string of the molecule is O=C(Oc1c(F)c(F)c(F)c(F)c1F)c1ccc(F)c(F)c1Nc1ccc(I)cc1F. The zero-order valence-electron chi connectivity index (χ0n) is 14.6. The highest BCUT2D eigenvalue weighted by Gasteiger charge is 2.30. The monoisotopic (exact) mass is 559 g/mol. The van der Waals surface area contributed by atoms with Crippen LogP contribution in [-0.2, 0) is 0 Å². The Morgan fingerprint density at radius 3 is 1.90 bits per heavy atom. The molecule has 0 atom stereocenters. The van der Waals surface area contributed by atoms with Crippen molar-refractivity contribution in [3.05, 3.63) is 86.0 Å². The first kappa shape index (κ1) is 22.8. The molecule has 31 heavy (non-hydrogen) atoms. The molecule has 0 radical (unpaired) electrons. The Morgan fingerprint density at radius 1 is 0.742 bits per heavy atom. The number of carbonyl (C=O) groups is 1. The third kappa shape index (κ3) is 4.29. The van der Waals surface area contributed by atoms with E-state index in [0.717, 1.165) is 12.1 Å². The molecular formula is C19H6F8INO2. The average molecular weight is 559 g/mol. The van der Waals surface area contributed by atoms with Gasteiger partial charge < -0.3 is 10.1 Å². The highest BCUT2D eigenvalue weighted by Crippen LogP contribution is 2.32. The molecule has 0 aliphatic rings. The molecule has 0 fully saturated rings. The van der Waals surface area contributed by atoms with E-state index in [1.807, 2.05) is 0 Å². The fraction of sp³-hybridized carbons (Fsp3) is 0. The number of ether oxygens (including phenoxy) is 1. The molecule has 3 aromatic rings. The van der Waals surface area contributed by atoms with Crippen LogP contribution in [0.4, 0.5) is 46.5 Å². The van der Waals surface area contributed by atoms with E-state index >= 15 is 0 Å². The molecule has 0 aromatic heterocycles. The second-order valence-electron chi connectivity index (χ2n) is 5.82. The molecule has 0 saturated heterocycles. The summed E-state index contributed by atoms with van der Waals surface area (Å²) in [6, 6.07) is 4.59. The standard InChI is InChI=1S/C19H6F8INO2/c20-8-3-2-7(17(11(8)22)29-10-4-1-6(28)5-9(10)21)19(30)31-18-15(26)13(24)12(23)14(25)16(18)27/h1-5,29H. The lowest BCUT2D eigenvalue weighted by Crippen LogP contribution is -2.16. The van der Waals surface area contributed by atoms with Crippen LogP contribution >= 0.6 is 22.6 Å². The molecule has 0 amide bonds. The van der Waals surface area contributed by atoms with Crippen LogP contribution in [-0.4, -0.2) is 5.97 Å². The summed E-state index contributed by atoms with van der Waals surface area (Å²) in [4.78, 5) is 12.3. The van der Waals surface area contributed by atoms with Gasteiger partial charge in [0.15, 0.2) is 11.6 Å². The van der Waals surface area contributed by atoms with Crippen LogP contribution < -0.4 is 10.1 Å². The van der Waals surface area contributed by atoms with Gasteiger partial charge in [-0.15, -0.1) is 0 Å². The van der Waals surface area contributed by atoms with Gasteiger partial charge >= 0.3 is 5.97 Å². The molecule has 3 rings (SSSR count). The maximum absolute atomic E-state index is 14.3. The average Bonchev–Trinajstić information content (AvgIpc) is 2.73. The first-order valence-corrected chi connectivity index (χ1v) is 9.04. The van der Waals surface area contributed by atoms with Crippen LogP contribution in [0.2, 0.25) is 0 Å². The molecule has 3 nitrogen and oxygen atoms in total. The van der Waals surface area contributed by atoms with Crippen LogP contribution in [0.5, 0.6) is 5.75 Å². The topological polar surface area (TPSA) is 38.3 Å². The molecule has 162 valence electrons. The summed E-state index contributed by atoms with van der Waals surface area (Å²) >= 11 is 1.77. The first-order valence-electron chi connectivity index (χ1n) is 7.96. The molecule has 3 aromatic carbocycles. The quantitative estimate of drug-likeness (QED) is 0.101. The van der Waals surface area contributed by atoms with Crippen molar-refractivity contribution in [1.82, 2.24) is 0 Å². The number of esters is 1. The van der Waals surface area contributed by atoms with Crippen molar-refractivity contribution < 1.29 is 44.7 Å². The fourth-order valence-electron chi connectivity index (χ4n) is 2.39. The van der Waals surface area contributed by atoms with Crippen molar-refractivity contribution in [3.63, 3.8) is 0 Å². The summed E-state index contributed by atoms with van der Waals surface area (Å²) in [6.07, 6.45) is 0. The van der Waals surface area contributed by atoms with E-state index in [0.29, 0.717) is 15.7 Å².